The zero-order valence-corrected chi connectivity index (χ0v) is 11.1. The van der Waals surface area contributed by atoms with Crippen molar-refractivity contribution in [2.45, 2.75) is 59.3 Å². The second-order valence-electron chi connectivity index (χ2n) is 6.83. The highest BCUT2D eigenvalue weighted by atomic mass is 16.2. The fourth-order valence-corrected chi connectivity index (χ4v) is 3.37. The molecular formula is C14H23NO2. The predicted octanol–water partition coefficient (Wildman–Crippen LogP) is 2.65. The van der Waals surface area contributed by atoms with Crippen LogP contribution in [0.5, 0.6) is 0 Å². The average molecular weight is 237 g/mol. The molecule has 2 aliphatic rings. The van der Waals surface area contributed by atoms with Crippen LogP contribution in [0.3, 0.4) is 0 Å². The quantitative estimate of drug-likeness (QED) is 0.658. The molecule has 0 aromatic heterocycles. The molecule has 3 heteroatoms. The van der Waals surface area contributed by atoms with Gasteiger partial charge in [0.05, 0.1) is 5.41 Å². The molecule has 0 radical (unpaired) electrons. The Morgan fingerprint density at radius 3 is 2.41 bits per heavy atom. The maximum atomic E-state index is 11.9. The van der Waals surface area contributed by atoms with Crippen molar-refractivity contribution in [3.8, 4) is 0 Å². The van der Waals surface area contributed by atoms with Gasteiger partial charge in [0.25, 0.3) is 0 Å². The summed E-state index contributed by atoms with van der Waals surface area (Å²) in [5.41, 5.74) is -0.0539. The highest BCUT2D eigenvalue weighted by Crippen LogP contribution is 2.46. The van der Waals surface area contributed by atoms with Gasteiger partial charge in [-0.2, -0.15) is 0 Å². The second-order valence-corrected chi connectivity index (χ2v) is 6.83. The van der Waals surface area contributed by atoms with Gasteiger partial charge in [0.2, 0.25) is 11.8 Å². The number of imide groups is 1. The Morgan fingerprint density at radius 1 is 1.18 bits per heavy atom. The molecule has 1 aliphatic heterocycles. The topological polar surface area (TPSA) is 46.2 Å². The summed E-state index contributed by atoms with van der Waals surface area (Å²) in [4.78, 5) is 23.3. The van der Waals surface area contributed by atoms with E-state index in [1.54, 1.807) is 0 Å². The van der Waals surface area contributed by atoms with Crippen LogP contribution in [-0.4, -0.2) is 11.8 Å². The van der Waals surface area contributed by atoms with E-state index in [0.29, 0.717) is 17.8 Å². The van der Waals surface area contributed by atoms with Gasteiger partial charge in [-0.3, -0.25) is 14.9 Å². The number of nitrogens with one attached hydrogen (secondary N) is 1. The minimum absolute atomic E-state index is 0.0166. The third-order valence-electron chi connectivity index (χ3n) is 4.64. The molecule has 2 atom stereocenters. The number of hydrogen-bond acceptors (Lipinski definition) is 2. The lowest BCUT2D eigenvalue weighted by Crippen LogP contribution is -2.31. The molecule has 2 rings (SSSR count). The lowest BCUT2D eigenvalue weighted by molar-refractivity contribution is -0.129. The van der Waals surface area contributed by atoms with Gasteiger partial charge in [-0.25, -0.2) is 0 Å². The van der Waals surface area contributed by atoms with Crippen molar-refractivity contribution in [3.05, 3.63) is 0 Å². The lowest BCUT2D eigenvalue weighted by atomic mass is 9.74. The molecule has 96 valence electrons. The largest absolute Gasteiger partial charge is 0.296 e. The molecule has 1 saturated heterocycles. The third-order valence-corrected chi connectivity index (χ3v) is 4.64. The van der Waals surface area contributed by atoms with Gasteiger partial charge in [-0.15, -0.1) is 0 Å². The number of rotatable bonds is 0. The maximum Gasteiger partial charge on any atom is 0.233 e. The summed E-state index contributed by atoms with van der Waals surface area (Å²) in [5.74, 6) is 0.576. The molecule has 2 fully saturated rings. The molecule has 3 nitrogen and oxygen atoms in total. The Kier molecular flexibility index (Phi) is 3.04. The van der Waals surface area contributed by atoms with E-state index in [9.17, 15) is 9.59 Å². The highest BCUT2D eigenvalue weighted by Gasteiger charge is 2.47. The van der Waals surface area contributed by atoms with Crippen LogP contribution < -0.4 is 5.32 Å². The zero-order valence-electron chi connectivity index (χ0n) is 11.1. The average Bonchev–Trinajstić information content (AvgIpc) is 2.37. The lowest BCUT2D eigenvalue weighted by Gasteiger charge is -2.30. The van der Waals surface area contributed by atoms with Crippen LogP contribution in [0.2, 0.25) is 0 Å². The van der Waals surface area contributed by atoms with Gasteiger partial charge in [0.1, 0.15) is 0 Å². The van der Waals surface area contributed by atoms with E-state index < -0.39 is 0 Å². The first-order valence-electron chi connectivity index (χ1n) is 6.68. The Morgan fingerprint density at radius 2 is 1.88 bits per heavy atom. The maximum absolute atomic E-state index is 11.9. The summed E-state index contributed by atoms with van der Waals surface area (Å²) in [5, 5.41) is 2.48. The smallest absolute Gasteiger partial charge is 0.233 e. The summed E-state index contributed by atoms with van der Waals surface area (Å²) in [6.45, 7) is 6.82. The Balaban J connectivity index is 2.10. The molecule has 2 amide bonds. The number of carbonyl (C=O) groups is 2. The first-order valence-corrected chi connectivity index (χ1v) is 6.68. The van der Waals surface area contributed by atoms with Crippen LogP contribution in [0.1, 0.15) is 59.3 Å². The molecule has 0 bridgehead atoms. The monoisotopic (exact) mass is 237 g/mol. The van der Waals surface area contributed by atoms with E-state index in [0.717, 1.165) is 25.7 Å². The van der Waals surface area contributed by atoms with Crippen molar-refractivity contribution >= 4 is 11.8 Å². The molecule has 0 aromatic rings. The van der Waals surface area contributed by atoms with Crippen molar-refractivity contribution < 1.29 is 9.59 Å². The first-order chi connectivity index (χ1) is 7.83. The summed E-state index contributed by atoms with van der Waals surface area (Å²) in [6.07, 6.45) is 5.52. The highest BCUT2D eigenvalue weighted by molar-refractivity contribution is 6.05. The van der Waals surface area contributed by atoms with Gasteiger partial charge < -0.3 is 0 Å². The van der Waals surface area contributed by atoms with E-state index in [4.69, 9.17) is 0 Å². The molecule has 2 unspecified atom stereocenters. The van der Waals surface area contributed by atoms with Gasteiger partial charge >= 0.3 is 0 Å². The van der Waals surface area contributed by atoms with Crippen LogP contribution in [-0.2, 0) is 9.59 Å². The first kappa shape index (κ1) is 12.6. The van der Waals surface area contributed by atoms with Crippen molar-refractivity contribution in [1.29, 1.82) is 0 Å². The molecule has 1 N–H and O–H groups in total. The van der Waals surface area contributed by atoms with Crippen molar-refractivity contribution in [2.24, 2.45) is 16.7 Å². The fourth-order valence-electron chi connectivity index (χ4n) is 3.37. The van der Waals surface area contributed by atoms with E-state index in [2.05, 4.69) is 26.1 Å². The summed E-state index contributed by atoms with van der Waals surface area (Å²) >= 11 is 0. The summed E-state index contributed by atoms with van der Waals surface area (Å²) in [6, 6.07) is 0. The number of hydrogen-bond donors (Lipinski definition) is 1. The van der Waals surface area contributed by atoms with Crippen LogP contribution in [0.25, 0.3) is 0 Å². The zero-order chi connectivity index (χ0) is 12.7. The number of amides is 2. The van der Waals surface area contributed by atoms with E-state index in [1.807, 2.05) is 0 Å². The van der Waals surface area contributed by atoms with Crippen LogP contribution in [0, 0.1) is 16.7 Å². The van der Waals surface area contributed by atoms with Gasteiger partial charge in [-0.1, -0.05) is 27.2 Å². The van der Waals surface area contributed by atoms with Gasteiger partial charge in [0.15, 0.2) is 0 Å². The van der Waals surface area contributed by atoms with Crippen molar-refractivity contribution in [3.63, 3.8) is 0 Å². The van der Waals surface area contributed by atoms with E-state index in [1.165, 1.54) is 6.42 Å². The summed E-state index contributed by atoms with van der Waals surface area (Å²) in [7, 11) is 0. The third kappa shape index (κ3) is 2.38. The normalized spacial score (nSPS) is 34.9. The Labute approximate surface area is 103 Å². The van der Waals surface area contributed by atoms with E-state index in [-0.39, 0.29) is 17.2 Å². The molecule has 1 saturated carbocycles. The summed E-state index contributed by atoms with van der Waals surface area (Å²) < 4.78 is 0. The molecule has 1 spiro atoms. The molecule has 1 aliphatic carbocycles. The Bertz CT molecular complexity index is 343. The number of carbonyl (C=O) groups excluding carboxylic acids is 2. The van der Waals surface area contributed by atoms with Crippen LogP contribution in [0.15, 0.2) is 0 Å². The Hall–Kier alpha value is -0.860. The van der Waals surface area contributed by atoms with E-state index >= 15 is 0 Å². The predicted molar refractivity (Wildman–Crippen MR) is 66.2 cm³/mol. The molecule has 1 heterocycles. The van der Waals surface area contributed by atoms with Gasteiger partial charge in [-0.05, 0) is 37.0 Å². The van der Waals surface area contributed by atoms with Gasteiger partial charge in [0, 0.05) is 6.42 Å². The van der Waals surface area contributed by atoms with Crippen LogP contribution in [0.4, 0.5) is 0 Å². The van der Waals surface area contributed by atoms with Crippen LogP contribution >= 0.6 is 0 Å². The van der Waals surface area contributed by atoms with Crippen molar-refractivity contribution in [2.75, 3.05) is 0 Å². The SMILES string of the molecule is CC(C)(C)C1CCCC2(CC1)CC(=O)NC2=O. The minimum Gasteiger partial charge on any atom is -0.296 e. The van der Waals surface area contributed by atoms with Crippen molar-refractivity contribution in [1.82, 2.24) is 5.32 Å². The molecule has 0 aromatic carbocycles. The fraction of sp³-hybridized carbons (Fsp3) is 0.857. The molecule has 17 heavy (non-hydrogen) atoms. The molecular weight excluding hydrogens is 214 g/mol. The minimum atomic E-state index is -0.364. The standard InChI is InChI=1S/C14H23NO2/c1-13(2,3)10-5-4-7-14(8-6-10)9-11(16)15-12(14)17/h10H,4-9H2,1-3H3,(H,15,16,17). The second kappa shape index (κ2) is 4.11.